The Morgan fingerprint density at radius 1 is 1.18 bits per heavy atom. The van der Waals surface area contributed by atoms with Crippen molar-refractivity contribution in [2.75, 3.05) is 0 Å². The van der Waals surface area contributed by atoms with Crippen molar-refractivity contribution in [3.8, 4) is 0 Å². The summed E-state index contributed by atoms with van der Waals surface area (Å²) in [6.07, 6.45) is 4.74. The number of rotatable bonds is 3. The second kappa shape index (κ2) is 4.89. The summed E-state index contributed by atoms with van der Waals surface area (Å²) in [5.41, 5.74) is 2.34. The highest BCUT2D eigenvalue weighted by atomic mass is 16.1. The van der Waals surface area contributed by atoms with E-state index in [2.05, 4.69) is 13.8 Å². The smallest absolute Gasteiger partial charge is 0.152 e. The van der Waals surface area contributed by atoms with Gasteiger partial charge in [-0.2, -0.15) is 0 Å². The molecule has 0 radical (unpaired) electrons. The van der Waals surface area contributed by atoms with Gasteiger partial charge >= 0.3 is 0 Å². The van der Waals surface area contributed by atoms with Crippen LogP contribution < -0.4 is 0 Å². The van der Waals surface area contributed by atoms with Gasteiger partial charge in [0.15, 0.2) is 5.78 Å². The Bertz CT molecular complexity index is 197. The van der Waals surface area contributed by atoms with Crippen molar-refractivity contribution in [1.82, 2.24) is 0 Å². The molecule has 0 bridgehead atoms. The van der Waals surface area contributed by atoms with Crippen LogP contribution in [0.3, 0.4) is 0 Å². The highest BCUT2D eigenvalue weighted by molar-refractivity contribution is 5.88. The van der Waals surface area contributed by atoms with Gasteiger partial charge in [0.05, 0.1) is 0 Å². The molecule has 62 valence electrons. The van der Waals surface area contributed by atoms with E-state index in [0.29, 0.717) is 0 Å². The molecule has 0 saturated carbocycles. The van der Waals surface area contributed by atoms with Crippen LogP contribution in [0.5, 0.6) is 0 Å². The maximum atomic E-state index is 10.6. The fourth-order valence-electron chi connectivity index (χ4n) is 0.853. The number of carbonyl (C=O) groups excluding carboxylic acids is 1. The summed E-state index contributed by atoms with van der Waals surface area (Å²) in [5.74, 6) is 0.114. The van der Waals surface area contributed by atoms with E-state index in [9.17, 15) is 4.79 Å². The van der Waals surface area contributed by atoms with Crippen LogP contribution in [-0.4, -0.2) is 5.78 Å². The van der Waals surface area contributed by atoms with Crippen LogP contribution in [0.4, 0.5) is 0 Å². The molecule has 0 fully saturated rings. The largest absolute Gasteiger partial charge is 0.295 e. The predicted octanol–water partition coefficient (Wildman–Crippen LogP) is 2.88. The van der Waals surface area contributed by atoms with Crippen molar-refractivity contribution in [3.05, 3.63) is 23.3 Å². The Morgan fingerprint density at radius 3 is 2.09 bits per heavy atom. The Balaban J connectivity index is 4.26. The number of hydrogen-bond donors (Lipinski definition) is 0. The normalized spacial score (nSPS) is 13.5. The molecule has 0 aliphatic carbocycles. The highest BCUT2D eigenvalue weighted by Crippen LogP contribution is 2.04. The minimum Gasteiger partial charge on any atom is -0.295 e. The van der Waals surface area contributed by atoms with Crippen LogP contribution >= 0.6 is 0 Å². The molecule has 0 N–H and O–H groups in total. The van der Waals surface area contributed by atoms with Crippen LogP contribution in [0.2, 0.25) is 0 Å². The Kier molecular flexibility index (Phi) is 4.51. The first kappa shape index (κ1) is 10.2. The van der Waals surface area contributed by atoms with Gasteiger partial charge in [-0.25, -0.2) is 0 Å². The van der Waals surface area contributed by atoms with E-state index in [1.807, 2.05) is 13.0 Å². The van der Waals surface area contributed by atoms with Gasteiger partial charge < -0.3 is 0 Å². The topological polar surface area (TPSA) is 17.1 Å². The molecule has 0 aromatic carbocycles. The van der Waals surface area contributed by atoms with E-state index < -0.39 is 0 Å². The number of ketones is 1. The molecule has 1 nitrogen and oxygen atoms in total. The number of allylic oxidation sites excluding steroid dienone is 4. The first-order valence-corrected chi connectivity index (χ1v) is 3.92. The van der Waals surface area contributed by atoms with E-state index in [1.165, 1.54) is 5.57 Å². The van der Waals surface area contributed by atoms with Gasteiger partial charge in [0.1, 0.15) is 0 Å². The van der Waals surface area contributed by atoms with Crippen LogP contribution in [-0.2, 0) is 4.79 Å². The molecule has 0 aliphatic rings. The van der Waals surface area contributed by atoms with Crippen LogP contribution in [0.25, 0.3) is 0 Å². The zero-order chi connectivity index (χ0) is 8.85. The second-order valence-corrected chi connectivity index (χ2v) is 2.84. The first-order valence-electron chi connectivity index (χ1n) is 3.92. The maximum Gasteiger partial charge on any atom is 0.152 e. The SMILES string of the molecule is CCC(C)=CC(C)=CC(C)=O. The summed E-state index contributed by atoms with van der Waals surface area (Å²) in [4.78, 5) is 10.6. The zero-order valence-electron chi connectivity index (χ0n) is 7.77. The van der Waals surface area contributed by atoms with Crippen molar-refractivity contribution in [1.29, 1.82) is 0 Å². The minimum atomic E-state index is 0.114. The van der Waals surface area contributed by atoms with Crippen molar-refractivity contribution in [3.63, 3.8) is 0 Å². The molecule has 0 rings (SSSR count). The lowest BCUT2D eigenvalue weighted by molar-refractivity contribution is -0.112. The lowest BCUT2D eigenvalue weighted by atomic mass is 10.1. The lowest BCUT2D eigenvalue weighted by Gasteiger charge is -1.94. The molecular weight excluding hydrogens is 136 g/mol. The van der Waals surface area contributed by atoms with Gasteiger partial charge in [-0.15, -0.1) is 0 Å². The van der Waals surface area contributed by atoms with E-state index in [1.54, 1.807) is 13.0 Å². The van der Waals surface area contributed by atoms with Crippen molar-refractivity contribution in [2.24, 2.45) is 0 Å². The Labute approximate surface area is 68.8 Å². The third kappa shape index (κ3) is 5.59. The molecule has 0 aromatic rings. The van der Waals surface area contributed by atoms with E-state index >= 15 is 0 Å². The molecular formula is C10H16O. The molecule has 1 heteroatoms. The molecule has 0 unspecified atom stereocenters. The third-order valence-electron chi connectivity index (χ3n) is 1.46. The molecule has 0 aliphatic heterocycles. The summed E-state index contributed by atoms with van der Waals surface area (Å²) in [7, 11) is 0. The second-order valence-electron chi connectivity index (χ2n) is 2.84. The first-order chi connectivity index (χ1) is 5.06. The van der Waals surface area contributed by atoms with Crippen molar-refractivity contribution >= 4 is 5.78 Å². The number of hydrogen-bond acceptors (Lipinski definition) is 1. The van der Waals surface area contributed by atoms with E-state index in [4.69, 9.17) is 0 Å². The predicted molar refractivity (Wildman–Crippen MR) is 48.5 cm³/mol. The van der Waals surface area contributed by atoms with Crippen molar-refractivity contribution < 1.29 is 4.79 Å². The van der Waals surface area contributed by atoms with E-state index in [-0.39, 0.29) is 5.78 Å². The summed E-state index contributed by atoms with van der Waals surface area (Å²) in [6.45, 7) is 7.68. The van der Waals surface area contributed by atoms with Crippen molar-refractivity contribution in [2.45, 2.75) is 34.1 Å². The summed E-state index contributed by atoms with van der Waals surface area (Å²) < 4.78 is 0. The summed E-state index contributed by atoms with van der Waals surface area (Å²) in [5, 5.41) is 0. The summed E-state index contributed by atoms with van der Waals surface area (Å²) >= 11 is 0. The molecule has 0 aromatic heterocycles. The van der Waals surface area contributed by atoms with Crippen LogP contribution in [0, 0.1) is 0 Å². The molecule has 11 heavy (non-hydrogen) atoms. The van der Waals surface area contributed by atoms with Gasteiger partial charge in [0.25, 0.3) is 0 Å². The minimum absolute atomic E-state index is 0.114. The summed E-state index contributed by atoms with van der Waals surface area (Å²) in [6, 6.07) is 0. The van der Waals surface area contributed by atoms with Gasteiger partial charge in [0.2, 0.25) is 0 Å². The monoisotopic (exact) mass is 152 g/mol. The average Bonchev–Trinajstić information content (AvgIpc) is 1.85. The molecule has 0 heterocycles. The van der Waals surface area contributed by atoms with Gasteiger partial charge in [0, 0.05) is 0 Å². The number of carbonyl (C=O) groups is 1. The zero-order valence-corrected chi connectivity index (χ0v) is 7.77. The quantitative estimate of drug-likeness (QED) is 0.449. The van der Waals surface area contributed by atoms with Gasteiger partial charge in [-0.05, 0) is 38.8 Å². The Hall–Kier alpha value is -0.850. The Morgan fingerprint density at radius 2 is 1.73 bits per heavy atom. The fourth-order valence-corrected chi connectivity index (χ4v) is 0.853. The molecule has 0 spiro atoms. The standard InChI is InChI=1S/C10H16O/c1-5-8(2)6-9(3)7-10(4)11/h6-7H,5H2,1-4H3. The molecule has 0 amide bonds. The molecule has 0 saturated heterocycles. The van der Waals surface area contributed by atoms with Crippen LogP contribution in [0.15, 0.2) is 23.3 Å². The van der Waals surface area contributed by atoms with Gasteiger partial charge in [-0.1, -0.05) is 18.6 Å². The highest BCUT2D eigenvalue weighted by Gasteiger charge is 1.88. The fraction of sp³-hybridized carbons (Fsp3) is 0.500. The lowest BCUT2D eigenvalue weighted by Crippen LogP contribution is -1.83. The van der Waals surface area contributed by atoms with Crippen LogP contribution in [0.1, 0.15) is 34.1 Å². The third-order valence-corrected chi connectivity index (χ3v) is 1.46. The maximum absolute atomic E-state index is 10.6. The van der Waals surface area contributed by atoms with Gasteiger partial charge in [-0.3, -0.25) is 4.79 Å². The van der Waals surface area contributed by atoms with E-state index in [0.717, 1.165) is 12.0 Å². The average molecular weight is 152 g/mol. The molecule has 0 atom stereocenters.